The van der Waals surface area contributed by atoms with Crippen molar-refractivity contribution in [3.05, 3.63) is 86.7 Å². The average Bonchev–Trinajstić information content (AvgIpc) is 2.97. The third-order valence-electron chi connectivity index (χ3n) is 6.53. The summed E-state index contributed by atoms with van der Waals surface area (Å²) in [5, 5.41) is 21.9. The van der Waals surface area contributed by atoms with Crippen molar-refractivity contribution in [1.82, 2.24) is 9.78 Å². The van der Waals surface area contributed by atoms with E-state index in [4.69, 9.17) is 19.4 Å². The van der Waals surface area contributed by atoms with Crippen LogP contribution in [0.2, 0.25) is 0 Å². The second-order valence-electron chi connectivity index (χ2n) is 10.6. The zero-order chi connectivity index (χ0) is 29.1. The number of nitro benzene ring substituents is 1. The molecule has 1 aliphatic rings. The van der Waals surface area contributed by atoms with Gasteiger partial charge in [-0.3, -0.25) is 14.9 Å². The number of fused-ring (bicyclic) bond motifs is 1. The Bertz CT molecular complexity index is 1690. The lowest BCUT2D eigenvalue weighted by Gasteiger charge is -2.29. The zero-order valence-electron chi connectivity index (χ0n) is 23.4. The van der Waals surface area contributed by atoms with Crippen LogP contribution in [0, 0.1) is 10.1 Å². The molecule has 0 bridgehead atoms. The second kappa shape index (κ2) is 11.4. The minimum Gasteiger partial charge on any atom is -0.497 e. The molecule has 0 amide bonds. The van der Waals surface area contributed by atoms with Gasteiger partial charge in [0.2, 0.25) is 0 Å². The molecule has 41 heavy (non-hydrogen) atoms. The van der Waals surface area contributed by atoms with Crippen LogP contribution in [0.5, 0.6) is 5.75 Å². The molecular formula is C30H31N5O6. The number of aromatic nitrogens is 2. The quantitative estimate of drug-likeness (QED) is 0.178. The van der Waals surface area contributed by atoms with E-state index in [-0.39, 0.29) is 11.4 Å². The van der Waals surface area contributed by atoms with Crippen molar-refractivity contribution < 1.29 is 19.2 Å². The number of hydrogen-bond donors (Lipinski definition) is 0. The van der Waals surface area contributed by atoms with Gasteiger partial charge < -0.3 is 19.2 Å². The molecule has 11 heteroatoms. The monoisotopic (exact) mass is 557 g/mol. The number of nitrogens with zero attached hydrogens (tertiary/aromatic N) is 5. The van der Waals surface area contributed by atoms with E-state index in [1.807, 2.05) is 32.9 Å². The van der Waals surface area contributed by atoms with Gasteiger partial charge in [-0.2, -0.15) is 9.78 Å². The maximum absolute atomic E-state index is 13.8. The molecule has 1 aliphatic heterocycles. The van der Waals surface area contributed by atoms with Gasteiger partial charge in [-0.25, -0.2) is 0 Å². The minimum atomic E-state index is -0.503. The number of rotatable bonds is 7. The molecule has 0 saturated carbocycles. The molecule has 1 fully saturated rings. The van der Waals surface area contributed by atoms with Crippen LogP contribution in [-0.4, -0.2) is 59.9 Å². The van der Waals surface area contributed by atoms with Crippen molar-refractivity contribution in [3.8, 4) is 22.7 Å². The highest BCUT2D eigenvalue weighted by Gasteiger charge is 2.23. The Morgan fingerprint density at radius 3 is 2.46 bits per heavy atom. The predicted octanol–water partition coefficient (Wildman–Crippen LogP) is 4.96. The van der Waals surface area contributed by atoms with Gasteiger partial charge in [0.1, 0.15) is 17.0 Å². The minimum absolute atomic E-state index is 0.0826. The van der Waals surface area contributed by atoms with Gasteiger partial charge in [0.25, 0.3) is 11.2 Å². The van der Waals surface area contributed by atoms with Crippen LogP contribution < -0.4 is 15.2 Å². The molecule has 4 aromatic rings. The summed E-state index contributed by atoms with van der Waals surface area (Å²) >= 11 is 0. The summed E-state index contributed by atoms with van der Waals surface area (Å²) in [6.45, 7) is 8.06. The summed E-state index contributed by atoms with van der Waals surface area (Å²) in [6, 6.07) is 17.3. The molecule has 0 N–H and O–H groups in total. The number of oxime groups is 1. The fourth-order valence-electron chi connectivity index (χ4n) is 4.62. The van der Waals surface area contributed by atoms with Crippen molar-refractivity contribution in [2.75, 3.05) is 38.3 Å². The van der Waals surface area contributed by atoms with Crippen LogP contribution in [0.15, 0.2) is 70.6 Å². The first kappa shape index (κ1) is 27.8. The topological polar surface area (TPSA) is 121 Å². The Hall–Kier alpha value is -4.77. The maximum atomic E-state index is 13.8. The van der Waals surface area contributed by atoms with E-state index in [1.165, 1.54) is 6.07 Å². The Morgan fingerprint density at radius 2 is 1.78 bits per heavy atom. The van der Waals surface area contributed by atoms with Gasteiger partial charge >= 0.3 is 0 Å². The summed E-state index contributed by atoms with van der Waals surface area (Å²) in [5.74, 6) is 0.545. The molecule has 0 aliphatic carbocycles. The van der Waals surface area contributed by atoms with Gasteiger partial charge in [0.05, 0.1) is 42.5 Å². The Balaban J connectivity index is 1.72. The molecule has 11 nitrogen and oxygen atoms in total. The van der Waals surface area contributed by atoms with E-state index in [9.17, 15) is 14.9 Å². The van der Waals surface area contributed by atoms with E-state index >= 15 is 0 Å². The Morgan fingerprint density at radius 1 is 1.05 bits per heavy atom. The van der Waals surface area contributed by atoms with Crippen LogP contribution in [0.3, 0.4) is 0 Å². The van der Waals surface area contributed by atoms with Crippen LogP contribution >= 0.6 is 0 Å². The largest absolute Gasteiger partial charge is 0.497 e. The number of hydrogen-bond acceptors (Lipinski definition) is 9. The Kier molecular flexibility index (Phi) is 7.71. The fourth-order valence-corrected chi connectivity index (χ4v) is 4.62. The third kappa shape index (κ3) is 6.04. The highest BCUT2D eigenvalue weighted by molar-refractivity contribution is 5.95. The SMILES string of the molecule is COc1cc(C=NOC(C)(C)C)cc(-c2nn(-c3cc(N4CCOCC4)ccc3[N+](=O)[O-])c(=O)c3ccccc23)c1. The molecule has 1 aromatic heterocycles. The first-order valence-electron chi connectivity index (χ1n) is 13.2. The van der Waals surface area contributed by atoms with Gasteiger partial charge in [-0.1, -0.05) is 23.4 Å². The smallest absolute Gasteiger partial charge is 0.295 e. The third-order valence-corrected chi connectivity index (χ3v) is 6.53. The van der Waals surface area contributed by atoms with Crippen LogP contribution in [0.1, 0.15) is 26.3 Å². The summed E-state index contributed by atoms with van der Waals surface area (Å²) in [6.07, 6.45) is 1.58. The van der Waals surface area contributed by atoms with Crippen molar-refractivity contribution in [2.24, 2.45) is 5.16 Å². The molecule has 1 saturated heterocycles. The number of benzene rings is 3. The molecule has 212 valence electrons. The second-order valence-corrected chi connectivity index (χ2v) is 10.6. The van der Waals surface area contributed by atoms with Crippen LogP contribution in [0.4, 0.5) is 11.4 Å². The van der Waals surface area contributed by atoms with Gasteiger partial charge in [-0.05, 0) is 57.2 Å². The lowest BCUT2D eigenvalue weighted by molar-refractivity contribution is -0.384. The molecule has 2 heterocycles. The van der Waals surface area contributed by atoms with E-state index in [1.54, 1.807) is 55.8 Å². The van der Waals surface area contributed by atoms with Crippen LogP contribution in [-0.2, 0) is 9.57 Å². The molecule has 3 aromatic carbocycles. The van der Waals surface area contributed by atoms with Gasteiger partial charge in [0.15, 0.2) is 0 Å². The summed E-state index contributed by atoms with van der Waals surface area (Å²) in [5.41, 5.74) is 1.46. The number of methoxy groups -OCH3 is 1. The zero-order valence-corrected chi connectivity index (χ0v) is 23.4. The van der Waals surface area contributed by atoms with Crippen LogP contribution in [0.25, 0.3) is 27.7 Å². The first-order chi connectivity index (χ1) is 19.6. The molecular weight excluding hydrogens is 526 g/mol. The summed E-state index contributed by atoms with van der Waals surface area (Å²) in [4.78, 5) is 32.9. The maximum Gasteiger partial charge on any atom is 0.295 e. The van der Waals surface area contributed by atoms with Crippen molar-refractivity contribution in [1.29, 1.82) is 0 Å². The number of anilines is 1. The predicted molar refractivity (Wildman–Crippen MR) is 157 cm³/mol. The summed E-state index contributed by atoms with van der Waals surface area (Å²) < 4.78 is 12.1. The first-order valence-corrected chi connectivity index (χ1v) is 13.2. The highest BCUT2D eigenvalue weighted by atomic mass is 16.6. The van der Waals surface area contributed by atoms with Gasteiger partial charge in [0, 0.05) is 41.4 Å². The lowest BCUT2D eigenvalue weighted by Crippen LogP contribution is -2.36. The van der Waals surface area contributed by atoms with Gasteiger partial charge in [-0.15, -0.1) is 0 Å². The van der Waals surface area contributed by atoms with E-state index in [0.29, 0.717) is 59.6 Å². The number of nitro groups is 1. The fraction of sp³-hybridized carbons (Fsp3) is 0.300. The Labute approximate surface area is 236 Å². The lowest BCUT2D eigenvalue weighted by atomic mass is 10.0. The van der Waals surface area contributed by atoms with Crippen molar-refractivity contribution >= 4 is 28.4 Å². The summed E-state index contributed by atoms with van der Waals surface area (Å²) in [7, 11) is 1.55. The molecule has 0 radical (unpaired) electrons. The van der Waals surface area contributed by atoms with E-state index in [0.717, 1.165) is 10.4 Å². The normalized spacial score (nSPS) is 14.0. The average molecular weight is 558 g/mol. The standard InChI is InChI=1S/C30H31N5O6/c1-30(2,3)41-31-19-20-15-21(17-23(16-20)39-4)28-24-7-5-6-8-25(24)29(36)34(32-28)27-18-22(9-10-26(27)35(37)38)33-11-13-40-14-12-33/h5-10,15-19H,11-14H2,1-4H3. The van der Waals surface area contributed by atoms with E-state index < -0.39 is 16.1 Å². The molecule has 0 atom stereocenters. The number of ether oxygens (including phenoxy) is 2. The number of morpholine rings is 1. The van der Waals surface area contributed by atoms with E-state index in [2.05, 4.69) is 10.1 Å². The molecule has 0 spiro atoms. The molecule has 0 unspecified atom stereocenters. The van der Waals surface area contributed by atoms with Crippen molar-refractivity contribution in [2.45, 2.75) is 26.4 Å². The molecule has 5 rings (SSSR count). The van der Waals surface area contributed by atoms with Crippen molar-refractivity contribution in [3.63, 3.8) is 0 Å². The highest BCUT2D eigenvalue weighted by Crippen LogP contribution is 2.32.